The van der Waals surface area contributed by atoms with Crippen molar-refractivity contribution < 1.29 is 29.3 Å². The minimum Gasteiger partial charge on any atom is -0.490 e. The Morgan fingerprint density at radius 2 is 1.78 bits per heavy atom. The molecule has 1 heterocycles. The van der Waals surface area contributed by atoms with Gasteiger partial charge in [0.1, 0.15) is 11.6 Å². The number of aromatic carboxylic acids is 1. The number of anilines is 2. The summed E-state index contributed by atoms with van der Waals surface area (Å²) in [6, 6.07) is 8.17. The zero-order valence-corrected chi connectivity index (χ0v) is 21.5. The van der Waals surface area contributed by atoms with Gasteiger partial charge in [-0.15, -0.1) is 0 Å². The summed E-state index contributed by atoms with van der Waals surface area (Å²) in [5.74, 6) is -0.745. The number of fused-ring (bicyclic) bond motifs is 1. The molecule has 1 aromatic heterocycles. The van der Waals surface area contributed by atoms with Crippen LogP contribution in [0, 0.1) is 0 Å². The number of aliphatic hydroxyl groups is 1. The SMILES string of the molecule is CCOc1cc2ncc(C(=O)O)c(Nc3cccc(CNC(C(N)=O)C(C)O)c3CC)c2cc1OCC. The molecule has 0 radical (unpaired) electrons. The summed E-state index contributed by atoms with van der Waals surface area (Å²) in [5.41, 5.74) is 8.85. The van der Waals surface area contributed by atoms with Crippen LogP contribution in [0.15, 0.2) is 36.5 Å². The summed E-state index contributed by atoms with van der Waals surface area (Å²) in [5, 5.41) is 26.7. The van der Waals surface area contributed by atoms with Gasteiger partial charge < -0.3 is 30.7 Å². The van der Waals surface area contributed by atoms with E-state index >= 15 is 0 Å². The predicted molar refractivity (Wildman–Crippen MR) is 142 cm³/mol. The lowest BCUT2D eigenvalue weighted by Crippen LogP contribution is -2.48. The second-order valence-corrected chi connectivity index (χ2v) is 8.46. The fourth-order valence-electron chi connectivity index (χ4n) is 4.23. The van der Waals surface area contributed by atoms with Crippen LogP contribution in [-0.2, 0) is 17.8 Å². The number of aromatic nitrogens is 1. The molecular weight excluding hydrogens is 476 g/mol. The molecule has 0 spiro atoms. The maximum absolute atomic E-state index is 12.1. The van der Waals surface area contributed by atoms with Crippen LogP contribution < -0.4 is 25.8 Å². The summed E-state index contributed by atoms with van der Waals surface area (Å²) in [7, 11) is 0. The van der Waals surface area contributed by atoms with Crippen molar-refractivity contribution in [3.8, 4) is 11.5 Å². The molecule has 198 valence electrons. The zero-order valence-electron chi connectivity index (χ0n) is 21.5. The molecule has 0 aliphatic rings. The molecule has 2 unspecified atom stereocenters. The van der Waals surface area contributed by atoms with Crippen molar-refractivity contribution in [2.75, 3.05) is 18.5 Å². The quantitative estimate of drug-likeness (QED) is 0.233. The Labute approximate surface area is 215 Å². The van der Waals surface area contributed by atoms with Gasteiger partial charge in [0.15, 0.2) is 11.5 Å². The maximum Gasteiger partial charge on any atom is 0.339 e. The molecule has 2 atom stereocenters. The maximum atomic E-state index is 12.1. The van der Waals surface area contributed by atoms with Gasteiger partial charge in [0, 0.05) is 29.9 Å². The Balaban J connectivity index is 2.10. The van der Waals surface area contributed by atoms with Crippen LogP contribution in [0.25, 0.3) is 10.9 Å². The van der Waals surface area contributed by atoms with Gasteiger partial charge in [-0.2, -0.15) is 0 Å². The first-order valence-electron chi connectivity index (χ1n) is 12.3. The lowest BCUT2D eigenvalue weighted by molar-refractivity contribution is -0.122. The molecule has 3 rings (SSSR count). The Kier molecular flexibility index (Phi) is 9.26. The molecule has 0 saturated carbocycles. The van der Waals surface area contributed by atoms with Crippen LogP contribution in [-0.4, -0.2) is 52.4 Å². The third kappa shape index (κ3) is 6.28. The zero-order chi connectivity index (χ0) is 27.1. The number of aliphatic hydroxyl groups excluding tert-OH is 1. The van der Waals surface area contributed by atoms with E-state index < -0.39 is 24.0 Å². The number of ether oxygens (including phenoxy) is 2. The number of carboxylic acid groups (broad SMARTS) is 1. The van der Waals surface area contributed by atoms with Gasteiger partial charge in [-0.05, 0) is 50.5 Å². The second-order valence-electron chi connectivity index (χ2n) is 8.46. The Bertz CT molecular complexity index is 1280. The van der Waals surface area contributed by atoms with Crippen molar-refractivity contribution in [1.82, 2.24) is 10.3 Å². The van der Waals surface area contributed by atoms with Gasteiger partial charge in [0.05, 0.1) is 30.5 Å². The van der Waals surface area contributed by atoms with Crippen molar-refractivity contribution in [3.63, 3.8) is 0 Å². The number of carbonyl (C=O) groups is 2. The minimum atomic E-state index is -1.12. The van der Waals surface area contributed by atoms with Gasteiger partial charge in [-0.25, -0.2) is 4.79 Å². The van der Waals surface area contributed by atoms with E-state index in [1.807, 2.05) is 39.0 Å². The van der Waals surface area contributed by atoms with E-state index in [2.05, 4.69) is 15.6 Å². The number of nitrogens with zero attached hydrogens (tertiary/aromatic N) is 1. The normalized spacial score (nSPS) is 12.7. The number of pyridine rings is 1. The Morgan fingerprint density at radius 3 is 2.35 bits per heavy atom. The van der Waals surface area contributed by atoms with Crippen molar-refractivity contribution in [1.29, 1.82) is 0 Å². The Hall–Kier alpha value is -3.89. The number of carboxylic acids is 1. The number of carbonyl (C=O) groups excluding carboxylic acids is 1. The number of benzene rings is 2. The van der Waals surface area contributed by atoms with E-state index in [4.69, 9.17) is 15.2 Å². The summed E-state index contributed by atoms with van der Waals surface area (Å²) >= 11 is 0. The molecule has 0 saturated heterocycles. The second kappa shape index (κ2) is 12.4. The number of hydrogen-bond donors (Lipinski definition) is 5. The Morgan fingerprint density at radius 1 is 1.11 bits per heavy atom. The highest BCUT2D eigenvalue weighted by atomic mass is 16.5. The van der Waals surface area contributed by atoms with Crippen LogP contribution >= 0.6 is 0 Å². The minimum absolute atomic E-state index is 0.00703. The number of nitrogens with two attached hydrogens (primary N) is 1. The molecule has 10 nitrogen and oxygen atoms in total. The molecular formula is C27H34N4O6. The van der Waals surface area contributed by atoms with Crippen molar-refractivity contribution in [2.24, 2.45) is 5.73 Å². The predicted octanol–water partition coefficient (Wildman–Crippen LogP) is 3.36. The average Bonchev–Trinajstić information content (AvgIpc) is 2.84. The summed E-state index contributed by atoms with van der Waals surface area (Å²) in [4.78, 5) is 28.2. The molecule has 0 aliphatic heterocycles. The monoisotopic (exact) mass is 510 g/mol. The van der Waals surface area contributed by atoms with E-state index in [1.165, 1.54) is 13.1 Å². The summed E-state index contributed by atoms with van der Waals surface area (Å²) < 4.78 is 11.5. The average molecular weight is 511 g/mol. The van der Waals surface area contributed by atoms with Gasteiger partial charge in [0.2, 0.25) is 5.91 Å². The lowest BCUT2D eigenvalue weighted by atomic mass is 10.0. The molecule has 37 heavy (non-hydrogen) atoms. The summed E-state index contributed by atoms with van der Waals surface area (Å²) in [6.07, 6.45) is 0.992. The van der Waals surface area contributed by atoms with E-state index in [1.54, 1.807) is 12.1 Å². The van der Waals surface area contributed by atoms with Crippen molar-refractivity contribution in [3.05, 3.63) is 53.2 Å². The summed E-state index contributed by atoms with van der Waals surface area (Å²) in [6.45, 7) is 8.34. The molecule has 0 bridgehead atoms. The van der Waals surface area contributed by atoms with Gasteiger partial charge in [-0.1, -0.05) is 19.1 Å². The highest BCUT2D eigenvalue weighted by Crippen LogP contribution is 2.38. The van der Waals surface area contributed by atoms with Gasteiger partial charge in [-0.3, -0.25) is 15.1 Å². The van der Waals surface area contributed by atoms with E-state index in [0.717, 1.165) is 11.1 Å². The van der Waals surface area contributed by atoms with Crippen LogP contribution in [0.3, 0.4) is 0 Å². The first-order chi connectivity index (χ1) is 17.7. The largest absolute Gasteiger partial charge is 0.490 e. The fourth-order valence-corrected chi connectivity index (χ4v) is 4.23. The first kappa shape index (κ1) is 27.7. The van der Waals surface area contributed by atoms with Crippen molar-refractivity contribution >= 4 is 34.2 Å². The van der Waals surface area contributed by atoms with Crippen LogP contribution in [0.1, 0.15) is 49.2 Å². The third-order valence-corrected chi connectivity index (χ3v) is 5.95. The van der Waals surface area contributed by atoms with Crippen molar-refractivity contribution in [2.45, 2.75) is 52.8 Å². The standard InChI is InChI=1S/C27H34N4O6/c1-5-17-16(13-30-24(15(4)32)26(28)33)9-8-10-20(17)31-25-18-11-22(36-6-2)23(37-7-3)12-21(18)29-14-19(25)27(34)35/h8-12,14-15,24,30,32H,5-7,13H2,1-4H3,(H2,28,33)(H,29,31)(H,34,35). The molecule has 2 aromatic carbocycles. The van der Waals surface area contributed by atoms with Crippen LogP contribution in [0.2, 0.25) is 0 Å². The van der Waals surface area contributed by atoms with Crippen LogP contribution in [0.4, 0.5) is 11.4 Å². The molecule has 0 fully saturated rings. The van der Waals surface area contributed by atoms with E-state index in [0.29, 0.717) is 53.4 Å². The third-order valence-electron chi connectivity index (χ3n) is 5.95. The van der Waals surface area contributed by atoms with E-state index in [9.17, 15) is 19.8 Å². The highest BCUT2D eigenvalue weighted by molar-refractivity contribution is 6.06. The molecule has 3 aromatic rings. The molecule has 6 N–H and O–H groups in total. The van der Waals surface area contributed by atoms with E-state index in [-0.39, 0.29) is 12.1 Å². The van der Waals surface area contributed by atoms with Gasteiger partial charge in [0.25, 0.3) is 0 Å². The highest BCUT2D eigenvalue weighted by Gasteiger charge is 2.22. The molecule has 10 heteroatoms. The van der Waals surface area contributed by atoms with Gasteiger partial charge >= 0.3 is 5.97 Å². The molecule has 1 amide bonds. The topological polar surface area (TPSA) is 156 Å². The van der Waals surface area contributed by atoms with Crippen LogP contribution in [0.5, 0.6) is 11.5 Å². The fraction of sp³-hybridized carbons (Fsp3) is 0.370. The number of rotatable bonds is 13. The number of nitrogens with one attached hydrogen (secondary N) is 2. The lowest BCUT2D eigenvalue weighted by Gasteiger charge is -2.21. The number of primary amides is 1. The smallest absolute Gasteiger partial charge is 0.339 e. The molecule has 0 aliphatic carbocycles. The number of hydrogen-bond acceptors (Lipinski definition) is 8. The first-order valence-corrected chi connectivity index (χ1v) is 12.3. The number of amides is 1.